The van der Waals surface area contributed by atoms with Crippen LogP contribution in [0.25, 0.3) is 11.1 Å². The van der Waals surface area contributed by atoms with E-state index in [1.54, 1.807) is 18.2 Å². The van der Waals surface area contributed by atoms with E-state index in [9.17, 15) is 13.2 Å². The van der Waals surface area contributed by atoms with Gasteiger partial charge in [0, 0.05) is 5.02 Å². The van der Waals surface area contributed by atoms with Crippen LogP contribution in [0.1, 0.15) is 36.5 Å². The molecule has 0 atom stereocenters. The molecule has 0 radical (unpaired) electrons. The van der Waals surface area contributed by atoms with Gasteiger partial charge >= 0.3 is 6.18 Å². The molecule has 0 bridgehead atoms. The molecule has 0 fully saturated rings. The van der Waals surface area contributed by atoms with Gasteiger partial charge in [0.25, 0.3) is 0 Å². The lowest BCUT2D eigenvalue weighted by Crippen LogP contribution is -2.07. The maximum Gasteiger partial charge on any atom is 0.416 e. The third kappa shape index (κ3) is 3.41. The van der Waals surface area contributed by atoms with Crippen molar-refractivity contribution >= 4 is 11.6 Å². The molecule has 2 aromatic rings. The largest absolute Gasteiger partial charge is 0.416 e. The summed E-state index contributed by atoms with van der Waals surface area (Å²) in [7, 11) is 0. The third-order valence-corrected chi connectivity index (χ3v) is 3.72. The van der Waals surface area contributed by atoms with E-state index in [1.165, 1.54) is 13.0 Å². The summed E-state index contributed by atoms with van der Waals surface area (Å²) >= 11 is 6.04. The maximum atomic E-state index is 12.8. The first-order valence-corrected chi connectivity index (χ1v) is 7.05. The van der Waals surface area contributed by atoms with Crippen LogP contribution in [-0.2, 0) is 6.18 Å². The molecule has 0 aliphatic rings. The zero-order valence-electron chi connectivity index (χ0n) is 12.1. The second kappa shape index (κ2) is 5.72. The molecular formula is C17H16ClF3. The molecule has 0 amide bonds. The number of rotatable bonds is 2. The van der Waals surface area contributed by atoms with Gasteiger partial charge in [-0.1, -0.05) is 43.6 Å². The minimum absolute atomic E-state index is 0.217. The average Bonchev–Trinajstić information content (AvgIpc) is 2.36. The minimum atomic E-state index is -4.32. The zero-order chi connectivity index (χ0) is 15.8. The molecule has 0 aliphatic carbocycles. The van der Waals surface area contributed by atoms with E-state index in [0.29, 0.717) is 5.02 Å². The van der Waals surface area contributed by atoms with Crippen molar-refractivity contribution in [2.75, 3.05) is 0 Å². The van der Waals surface area contributed by atoms with Crippen LogP contribution >= 0.6 is 11.6 Å². The highest BCUT2D eigenvalue weighted by atomic mass is 35.5. The van der Waals surface area contributed by atoms with E-state index in [0.717, 1.165) is 22.8 Å². The Morgan fingerprint density at radius 2 is 1.67 bits per heavy atom. The van der Waals surface area contributed by atoms with Gasteiger partial charge in [0.1, 0.15) is 0 Å². The van der Waals surface area contributed by atoms with Gasteiger partial charge in [-0.2, -0.15) is 13.2 Å². The lowest BCUT2D eigenvalue weighted by molar-refractivity contribution is -0.138. The Hall–Kier alpha value is -1.48. The summed E-state index contributed by atoms with van der Waals surface area (Å²) < 4.78 is 38.5. The van der Waals surface area contributed by atoms with Crippen LogP contribution in [-0.4, -0.2) is 0 Å². The van der Waals surface area contributed by atoms with E-state index in [-0.39, 0.29) is 11.5 Å². The normalized spacial score (nSPS) is 12.0. The van der Waals surface area contributed by atoms with E-state index >= 15 is 0 Å². The maximum absolute atomic E-state index is 12.8. The van der Waals surface area contributed by atoms with Crippen molar-refractivity contribution in [2.24, 2.45) is 0 Å². The molecule has 0 aromatic heterocycles. The Morgan fingerprint density at radius 1 is 1.00 bits per heavy atom. The average molecular weight is 313 g/mol. The van der Waals surface area contributed by atoms with Crippen LogP contribution in [0, 0.1) is 6.92 Å². The predicted molar refractivity (Wildman–Crippen MR) is 80.7 cm³/mol. The van der Waals surface area contributed by atoms with Crippen molar-refractivity contribution in [1.82, 2.24) is 0 Å². The summed E-state index contributed by atoms with van der Waals surface area (Å²) in [5, 5.41) is 0.576. The fourth-order valence-corrected chi connectivity index (χ4v) is 2.60. The summed E-state index contributed by atoms with van der Waals surface area (Å²) in [5.41, 5.74) is 2.33. The van der Waals surface area contributed by atoms with Crippen molar-refractivity contribution < 1.29 is 13.2 Å². The Kier molecular flexibility index (Phi) is 4.33. The van der Waals surface area contributed by atoms with E-state index in [1.807, 2.05) is 19.9 Å². The van der Waals surface area contributed by atoms with Crippen molar-refractivity contribution in [1.29, 1.82) is 0 Å². The summed E-state index contributed by atoms with van der Waals surface area (Å²) in [5.74, 6) is 0.264. The van der Waals surface area contributed by atoms with Crippen LogP contribution < -0.4 is 0 Å². The lowest BCUT2D eigenvalue weighted by Gasteiger charge is -2.16. The molecule has 0 spiro atoms. The van der Waals surface area contributed by atoms with Gasteiger partial charge < -0.3 is 0 Å². The number of hydrogen-bond donors (Lipinski definition) is 0. The van der Waals surface area contributed by atoms with Gasteiger partial charge in [-0.3, -0.25) is 0 Å². The molecule has 0 saturated heterocycles. The SMILES string of the molecule is Cc1cc(-c2cc(Cl)ccc2C(C)C)ccc1C(F)(F)F. The number of halogens is 4. The molecule has 112 valence electrons. The summed E-state index contributed by atoms with van der Waals surface area (Å²) in [4.78, 5) is 0. The fraction of sp³-hybridized carbons (Fsp3) is 0.294. The highest BCUT2D eigenvalue weighted by Gasteiger charge is 2.32. The molecule has 0 heterocycles. The lowest BCUT2D eigenvalue weighted by atomic mass is 9.91. The second-order valence-corrected chi connectivity index (χ2v) is 5.85. The van der Waals surface area contributed by atoms with E-state index in [2.05, 4.69) is 0 Å². The van der Waals surface area contributed by atoms with Crippen LogP contribution in [0.4, 0.5) is 13.2 Å². The van der Waals surface area contributed by atoms with Crippen molar-refractivity contribution in [3.05, 3.63) is 58.1 Å². The smallest absolute Gasteiger partial charge is 0.166 e. The summed E-state index contributed by atoms with van der Waals surface area (Å²) in [6.45, 7) is 5.57. The van der Waals surface area contributed by atoms with Gasteiger partial charge in [-0.15, -0.1) is 0 Å². The minimum Gasteiger partial charge on any atom is -0.166 e. The Balaban J connectivity index is 2.58. The van der Waals surface area contributed by atoms with Gasteiger partial charge in [0.2, 0.25) is 0 Å². The molecule has 0 unspecified atom stereocenters. The molecule has 0 nitrogen and oxygen atoms in total. The number of hydrogen-bond acceptors (Lipinski definition) is 0. The quantitative estimate of drug-likeness (QED) is 0.597. The Bertz CT molecular complexity index is 658. The Morgan fingerprint density at radius 3 is 2.19 bits per heavy atom. The van der Waals surface area contributed by atoms with E-state index in [4.69, 9.17) is 11.6 Å². The van der Waals surface area contributed by atoms with Gasteiger partial charge in [0.05, 0.1) is 5.56 Å². The van der Waals surface area contributed by atoms with Crippen LogP contribution in [0.2, 0.25) is 5.02 Å². The van der Waals surface area contributed by atoms with Crippen LogP contribution in [0.3, 0.4) is 0 Å². The first-order chi connectivity index (χ1) is 9.70. The van der Waals surface area contributed by atoms with Crippen molar-refractivity contribution in [3.63, 3.8) is 0 Å². The topological polar surface area (TPSA) is 0 Å². The Labute approximate surface area is 127 Å². The zero-order valence-corrected chi connectivity index (χ0v) is 12.8. The molecule has 0 aliphatic heterocycles. The molecular weight excluding hydrogens is 297 g/mol. The number of benzene rings is 2. The van der Waals surface area contributed by atoms with Gasteiger partial charge in [0.15, 0.2) is 0 Å². The van der Waals surface area contributed by atoms with Crippen molar-refractivity contribution in [3.8, 4) is 11.1 Å². The number of alkyl halides is 3. The van der Waals surface area contributed by atoms with Gasteiger partial charge in [-0.25, -0.2) is 0 Å². The summed E-state index contributed by atoms with van der Waals surface area (Å²) in [6.07, 6.45) is -4.32. The molecule has 4 heteroatoms. The molecule has 0 N–H and O–H groups in total. The standard InChI is InChI=1S/C17H16ClF3/c1-10(2)14-6-5-13(18)9-15(14)12-4-7-16(11(3)8-12)17(19,20)21/h4-10H,1-3H3. The molecule has 21 heavy (non-hydrogen) atoms. The molecule has 2 rings (SSSR count). The first-order valence-electron chi connectivity index (χ1n) is 6.68. The fourth-order valence-electron chi connectivity index (χ4n) is 2.43. The highest BCUT2D eigenvalue weighted by molar-refractivity contribution is 6.30. The number of aryl methyl sites for hydroxylation is 1. The van der Waals surface area contributed by atoms with Crippen LogP contribution in [0.5, 0.6) is 0 Å². The first kappa shape index (κ1) is 15.9. The third-order valence-electron chi connectivity index (χ3n) is 3.48. The molecule has 0 saturated carbocycles. The van der Waals surface area contributed by atoms with Crippen LogP contribution in [0.15, 0.2) is 36.4 Å². The molecule has 2 aromatic carbocycles. The summed E-state index contributed by atoms with van der Waals surface area (Å²) in [6, 6.07) is 9.75. The predicted octanol–water partition coefficient (Wildman–Crippen LogP) is 6.46. The van der Waals surface area contributed by atoms with E-state index < -0.39 is 11.7 Å². The second-order valence-electron chi connectivity index (χ2n) is 5.41. The monoisotopic (exact) mass is 312 g/mol. The van der Waals surface area contributed by atoms with Gasteiger partial charge in [-0.05, 0) is 53.3 Å². The van der Waals surface area contributed by atoms with Crippen molar-refractivity contribution in [2.45, 2.75) is 32.9 Å². The highest BCUT2D eigenvalue weighted by Crippen LogP contribution is 2.36.